The number of likely N-dealkylation sites (N-methyl/N-ethyl adjacent to an activating group) is 1. The summed E-state index contributed by atoms with van der Waals surface area (Å²) in [6.45, 7) is 6.07. The summed E-state index contributed by atoms with van der Waals surface area (Å²) in [4.78, 5) is 5.37. The van der Waals surface area contributed by atoms with Crippen LogP contribution in [0, 0.1) is 6.92 Å². The van der Waals surface area contributed by atoms with Crippen molar-refractivity contribution in [1.82, 2.24) is 20.5 Å². The van der Waals surface area contributed by atoms with E-state index in [1.165, 1.54) is 0 Å². The third-order valence-electron chi connectivity index (χ3n) is 2.17. The minimum Gasteiger partial charge on any atom is -0.317 e. The Kier molecular flexibility index (Phi) is 3.98. The van der Waals surface area contributed by atoms with Crippen molar-refractivity contribution in [2.45, 2.75) is 20.3 Å². The lowest BCUT2D eigenvalue weighted by molar-refractivity contribution is 0.710. The minimum atomic E-state index is 0.948. The summed E-state index contributed by atoms with van der Waals surface area (Å²) in [5.41, 5.74) is 2.89. The largest absolute Gasteiger partial charge is 0.317 e. The van der Waals surface area contributed by atoms with Gasteiger partial charge in [0.1, 0.15) is 5.01 Å². The van der Waals surface area contributed by atoms with Crippen LogP contribution < -0.4 is 5.32 Å². The van der Waals surface area contributed by atoms with E-state index < -0.39 is 0 Å². The molecule has 0 aliphatic heterocycles. The van der Waals surface area contributed by atoms with Crippen molar-refractivity contribution in [3.8, 4) is 9.88 Å². The van der Waals surface area contributed by atoms with Gasteiger partial charge in [0.15, 0.2) is 5.01 Å². The fraction of sp³-hybridized carbons (Fsp3) is 0.500. The topological polar surface area (TPSA) is 50.7 Å². The molecular formula is C10H14N4S2. The molecular weight excluding hydrogens is 240 g/mol. The van der Waals surface area contributed by atoms with Crippen molar-refractivity contribution in [2.75, 3.05) is 13.1 Å². The Bertz CT molecular complexity index is 449. The molecule has 2 aromatic rings. The Morgan fingerprint density at radius 2 is 2.25 bits per heavy atom. The third kappa shape index (κ3) is 2.63. The van der Waals surface area contributed by atoms with Crippen LogP contribution in [0.25, 0.3) is 9.88 Å². The summed E-state index contributed by atoms with van der Waals surface area (Å²) < 4.78 is 0. The summed E-state index contributed by atoms with van der Waals surface area (Å²) in [5, 5.41) is 13.8. The van der Waals surface area contributed by atoms with E-state index in [2.05, 4.69) is 27.4 Å². The van der Waals surface area contributed by atoms with E-state index in [0.29, 0.717) is 0 Å². The molecule has 0 unspecified atom stereocenters. The third-order valence-corrected chi connectivity index (χ3v) is 4.24. The molecule has 1 N–H and O–H groups in total. The van der Waals surface area contributed by atoms with Crippen molar-refractivity contribution >= 4 is 22.7 Å². The summed E-state index contributed by atoms with van der Waals surface area (Å²) in [5.74, 6) is 0. The second kappa shape index (κ2) is 5.47. The second-order valence-corrected chi connectivity index (χ2v) is 5.29. The van der Waals surface area contributed by atoms with Gasteiger partial charge >= 0.3 is 0 Å². The van der Waals surface area contributed by atoms with Crippen LogP contribution in [0.2, 0.25) is 0 Å². The van der Waals surface area contributed by atoms with Crippen LogP contribution in [0.5, 0.6) is 0 Å². The number of rotatable bonds is 5. The Balaban J connectivity index is 2.05. The number of nitrogens with one attached hydrogen (secondary N) is 1. The molecule has 0 aliphatic carbocycles. The van der Waals surface area contributed by atoms with Crippen molar-refractivity contribution in [2.24, 2.45) is 0 Å². The molecule has 0 aliphatic rings. The van der Waals surface area contributed by atoms with Crippen LogP contribution in [0.1, 0.15) is 17.6 Å². The maximum absolute atomic E-state index is 4.22. The highest BCUT2D eigenvalue weighted by atomic mass is 32.1. The van der Waals surface area contributed by atoms with Gasteiger partial charge in [0, 0.05) is 13.0 Å². The zero-order valence-corrected chi connectivity index (χ0v) is 11.0. The molecule has 0 saturated carbocycles. The number of aryl methyl sites for hydroxylation is 1. The van der Waals surface area contributed by atoms with Gasteiger partial charge in [-0.15, -0.1) is 21.5 Å². The van der Waals surface area contributed by atoms with Gasteiger partial charge in [0.05, 0.1) is 16.1 Å². The van der Waals surface area contributed by atoms with Crippen LogP contribution in [0.4, 0.5) is 0 Å². The van der Waals surface area contributed by atoms with Gasteiger partial charge in [-0.25, -0.2) is 4.98 Å². The Morgan fingerprint density at radius 1 is 1.38 bits per heavy atom. The fourth-order valence-corrected chi connectivity index (χ4v) is 3.11. The Labute approximate surface area is 103 Å². The van der Waals surface area contributed by atoms with Crippen LogP contribution in [-0.4, -0.2) is 28.3 Å². The van der Waals surface area contributed by atoms with Crippen molar-refractivity contribution in [1.29, 1.82) is 0 Å². The molecule has 16 heavy (non-hydrogen) atoms. The monoisotopic (exact) mass is 254 g/mol. The van der Waals surface area contributed by atoms with E-state index in [-0.39, 0.29) is 0 Å². The number of hydrogen-bond acceptors (Lipinski definition) is 6. The summed E-state index contributed by atoms with van der Waals surface area (Å²) in [6.07, 6.45) is 0.948. The summed E-state index contributed by atoms with van der Waals surface area (Å²) in [7, 11) is 0. The lowest BCUT2D eigenvalue weighted by atomic mass is 10.4. The predicted octanol–water partition coefficient (Wildman–Crippen LogP) is 2.12. The lowest BCUT2D eigenvalue weighted by Gasteiger charge is -1.95. The average molecular weight is 254 g/mol. The van der Waals surface area contributed by atoms with Crippen molar-refractivity contribution in [3.63, 3.8) is 0 Å². The van der Waals surface area contributed by atoms with Crippen LogP contribution in [-0.2, 0) is 6.42 Å². The van der Waals surface area contributed by atoms with E-state index >= 15 is 0 Å². The van der Waals surface area contributed by atoms with E-state index in [1.54, 1.807) is 22.7 Å². The number of aromatic nitrogens is 3. The number of nitrogens with zero attached hydrogens (tertiary/aromatic N) is 3. The van der Waals surface area contributed by atoms with E-state index in [0.717, 1.165) is 40.1 Å². The molecule has 0 radical (unpaired) electrons. The first-order chi connectivity index (χ1) is 7.81. The van der Waals surface area contributed by atoms with Crippen molar-refractivity contribution in [3.05, 3.63) is 16.2 Å². The normalized spacial score (nSPS) is 10.9. The molecule has 0 atom stereocenters. The van der Waals surface area contributed by atoms with Crippen LogP contribution in [0.15, 0.2) is 5.51 Å². The molecule has 4 nitrogen and oxygen atoms in total. The molecule has 0 spiro atoms. The second-order valence-electron chi connectivity index (χ2n) is 3.37. The van der Waals surface area contributed by atoms with Crippen LogP contribution in [0.3, 0.4) is 0 Å². The molecule has 0 aromatic carbocycles. The maximum atomic E-state index is 4.22. The van der Waals surface area contributed by atoms with Gasteiger partial charge in [0.25, 0.3) is 0 Å². The van der Waals surface area contributed by atoms with E-state index in [9.17, 15) is 0 Å². The highest BCUT2D eigenvalue weighted by Crippen LogP contribution is 2.29. The maximum Gasteiger partial charge on any atom is 0.159 e. The molecule has 86 valence electrons. The predicted molar refractivity (Wildman–Crippen MR) is 68.0 cm³/mol. The van der Waals surface area contributed by atoms with Gasteiger partial charge < -0.3 is 5.32 Å². The molecule has 0 bridgehead atoms. The average Bonchev–Trinajstić information content (AvgIpc) is 2.87. The van der Waals surface area contributed by atoms with E-state index in [4.69, 9.17) is 0 Å². The quantitative estimate of drug-likeness (QED) is 0.830. The molecule has 0 saturated heterocycles. The van der Waals surface area contributed by atoms with Crippen molar-refractivity contribution < 1.29 is 0 Å². The fourth-order valence-electron chi connectivity index (χ4n) is 1.33. The molecule has 2 aromatic heterocycles. The highest BCUT2D eigenvalue weighted by Gasteiger charge is 2.10. The SMILES string of the molecule is CCNCCc1nnc(-c2scnc2C)s1. The first-order valence-electron chi connectivity index (χ1n) is 5.24. The number of hydrogen-bond donors (Lipinski definition) is 1. The Hall–Kier alpha value is -0.850. The van der Waals surface area contributed by atoms with Gasteiger partial charge in [0.2, 0.25) is 0 Å². The molecule has 2 heterocycles. The molecule has 0 fully saturated rings. The smallest absolute Gasteiger partial charge is 0.159 e. The van der Waals surface area contributed by atoms with Gasteiger partial charge in [-0.2, -0.15) is 0 Å². The first kappa shape index (κ1) is 11.6. The lowest BCUT2D eigenvalue weighted by Crippen LogP contribution is -2.15. The van der Waals surface area contributed by atoms with Gasteiger partial charge in [-0.3, -0.25) is 0 Å². The number of thiazole rings is 1. The molecule has 2 rings (SSSR count). The first-order valence-corrected chi connectivity index (χ1v) is 6.94. The van der Waals surface area contributed by atoms with Gasteiger partial charge in [-0.05, 0) is 13.5 Å². The zero-order chi connectivity index (χ0) is 11.4. The van der Waals surface area contributed by atoms with Crippen LogP contribution >= 0.6 is 22.7 Å². The minimum absolute atomic E-state index is 0.948. The zero-order valence-electron chi connectivity index (χ0n) is 9.36. The standard InChI is InChI=1S/C10H14N4S2/c1-3-11-5-4-8-13-14-10(16-8)9-7(2)12-6-15-9/h6,11H,3-5H2,1-2H3. The summed E-state index contributed by atoms with van der Waals surface area (Å²) in [6, 6.07) is 0. The summed E-state index contributed by atoms with van der Waals surface area (Å²) >= 11 is 3.29. The van der Waals surface area contributed by atoms with Gasteiger partial charge in [-0.1, -0.05) is 18.3 Å². The van der Waals surface area contributed by atoms with E-state index in [1.807, 2.05) is 12.4 Å². The molecule has 0 amide bonds. The molecule has 6 heteroatoms. The highest BCUT2D eigenvalue weighted by molar-refractivity contribution is 7.20. The Morgan fingerprint density at radius 3 is 2.94 bits per heavy atom.